The van der Waals surface area contributed by atoms with Crippen molar-refractivity contribution in [1.82, 2.24) is 9.88 Å². The molecule has 1 saturated heterocycles. The zero-order valence-corrected chi connectivity index (χ0v) is 10.4. The van der Waals surface area contributed by atoms with Gasteiger partial charge in [0, 0.05) is 23.6 Å². The Morgan fingerprint density at radius 3 is 3.17 bits per heavy atom. The van der Waals surface area contributed by atoms with E-state index in [1.54, 1.807) is 0 Å². The summed E-state index contributed by atoms with van der Waals surface area (Å²) in [5, 5.41) is 10.4. The van der Waals surface area contributed by atoms with E-state index in [0.717, 1.165) is 32.4 Å². The van der Waals surface area contributed by atoms with Crippen molar-refractivity contribution in [2.24, 2.45) is 0 Å². The third kappa shape index (κ3) is 2.00. The fraction of sp³-hybridized carbons (Fsp3) is 0.400. The van der Waals surface area contributed by atoms with E-state index in [0.29, 0.717) is 0 Å². The van der Waals surface area contributed by atoms with Crippen LogP contribution in [0, 0.1) is 11.3 Å². The molecule has 2 aromatic rings. The van der Waals surface area contributed by atoms with Crippen LogP contribution in [0.1, 0.15) is 18.4 Å². The van der Waals surface area contributed by atoms with Gasteiger partial charge in [0.2, 0.25) is 0 Å². The fourth-order valence-corrected chi connectivity index (χ4v) is 2.84. The molecule has 92 valence electrons. The van der Waals surface area contributed by atoms with Gasteiger partial charge in [0.1, 0.15) is 0 Å². The highest BCUT2D eigenvalue weighted by atomic mass is 15.2. The maximum absolute atomic E-state index is 9.07. The Labute approximate surface area is 107 Å². The number of benzene rings is 1. The third-order valence-corrected chi connectivity index (χ3v) is 3.86. The van der Waals surface area contributed by atoms with Gasteiger partial charge >= 0.3 is 0 Å². The van der Waals surface area contributed by atoms with E-state index in [9.17, 15) is 0 Å². The van der Waals surface area contributed by atoms with Gasteiger partial charge in [-0.1, -0.05) is 18.2 Å². The number of nitrogens with zero attached hydrogens (tertiary/aromatic N) is 2. The van der Waals surface area contributed by atoms with Crippen LogP contribution in [0.4, 0.5) is 0 Å². The molecule has 1 fully saturated rings. The zero-order chi connectivity index (χ0) is 12.4. The molecule has 0 bridgehead atoms. The Bertz CT molecular complexity index is 579. The van der Waals surface area contributed by atoms with Crippen molar-refractivity contribution in [3.8, 4) is 6.07 Å². The van der Waals surface area contributed by atoms with Crippen LogP contribution in [-0.4, -0.2) is 29.0 Å². The molecule has 3 rings (SSSR count). The smallest absolute Gasteiger partial charge is 0.0978 e. The van der Waals surface area contributed by atoms with Crippen LogP contribution in [0.3, 0.4) is 0 Å². The van der Waals surface area contributed by atoms with Gasteiger partial charge in [0.05, 0.1) is 12.1 Å². The van der Waals surface area contributed by atoms with Gasteiger partial charge in [-0.3, -0.25) is 4.90 Å². The molecule has 0 spiro atoms. The lowest BCUT2D eigenvalue weighted by atomic mass is 10.1. The minimum Gasteiger partial charge on any atom is -0.361 e. The summed E-state index contributed by atoms with van der Waals surface area (Å²) in [5.74, 6) is 0. The summed E-state index contributed by atoms with van der Waals surface area (Å²) in [6, 6.07) is 10.9. The topological polar surface area (TPSA) is 42.8 Å². The van der Waals surface area contributed by atoms with Gasteiger partial charge in [-0.2, -0.15) is 5.26 Å². The van der Waals surface area contributed by atoms with E-state index in [1.807, 2.05) is 0 Å². The molecule has 3 nitrogen and oxygen atoms in total. The molecule has 1 aromatic heterocycles. The Hall–Kier alpha value is -1.79. The highest BCUT2D eigenvalue weighted by Crippen LogP contribution is 2.21. The molecule has 0 amide bonds. The number of H-pyrrole nitrogens is 1. The second-order valence-corrected chi connectivity index (χ2v) is 4.93. The largest absolute Gasteiger partial charge is 0.361 e. The first-order valence-corrected chi connectivity index (χ1v) is 6.57. The number of para-hydroxylation sites is 1. The van der Waals surface area contributed by atoms with E-state index >= 15 is 0 Å². The number of aromatic nitrogens is 1. The lowest BCUT2D eigenvalue weighted by Crippen LogP contribution is -2.30. The molecule has 1 atom stereocenters. The number of fused-ring (bicyclic) bond motifs is 1. The van der Waals surface area contributed by atoms with Crippen molar-refractivity contribution in [1.29, 1.82) is 5.26 Å². The first kappa shape index (κ1) is 11.3. The fourth-order valence-electron chi connectivity index (χ4n) is 2.84. The van der Waals surface area contributed by atoms with Crippen LogP contribution >= 0.6 is 0 Å². The summed E-state index contributed by atoms with van der Waals surface area (Å²) >= 11 is 0. The number of likely N-dealkylation sites (tertiary alicyclic amines) is 1. The highest BCUT2D eigenvalue weighted by molar-refractivity contribution is 5.83. The molecule has 1 aliphatic heterocycles. The molecule has 0 aliphatic carbocycles. The predicted molar refractivity (Wildman–Crippen MR) is 72.2 cm³/mol. The van der Waals surface area contributed by atoms with Crippen molar-refractivity contribution in [2.45, 2.75) is 25.3 Å². The van der Waals surface area contributed by atoms with Crippen molar-refractivity contribution >= 4 is 10.9 Å². The van der Waals surface area contributed by atoms with Crippen LogP contribution < -0.4 is 0 Å². The first-order chi connectivity index (χ1) is 8.88. The molecule has 1 N–H and O–H groups in total. The van der Waals surface area contributed by atoms with Gasteiger partial charge in [-0.25, -0.2) is 0 Å². The molecule has 0 saturated carbocycles. The van der Waals surface area contributed by atoms with Gasteiger partial charge in [-0.05, 0) is 37.4 Å². The van der Waals surface area contributed by atoms with E-state index in [-0.39, 0.29) is 6.04 Å². The molecular formula is C15H17N3. The number of hydrogen-bond donors (Lipinski definition) is 1. The molecular weight excluding hydrogens is 222 g/mol. The predicted octanol–water partition coefficient (Wildman–Crippen LogP) is 2.70. The van der Waals surface area contributed by atoms with Crippen LogP contribution in [-0.2, 0) is 6.42 Å². The van der Waals surface area contributed by atoms with Crippen LogP contribution in [0.15, 0.2) is 30.5 Å². The summed E-state index contributed by atoms with van der Waals surface area (Å²) in [6.45, 7) is 2.06. The van der Waals surface area contributed by atoms with Gasteiger partial charge in [0.15, 0.2) is 0 Å². The zero-order valence-electron chi connectivity index (χ0n) is 10.4. The Morgan fingerprint density at radius 1 is 1.39 bits per heavy atom. The molecule has 3 heteroatoms. The number of aromatic amines is 1. The van der Waals surface area contributed by atoms with Crippen molar-refractivity contribution in [2.75, 3.05) is 13.1 Å². The Morgan fingerprint density at radius 2 is 2.28 bits per heavy atom. The average Bonchev–Trinajstić information content (AvgIpc) is 3.02. The maximum Gasteiger partial charge on any atom is 0.0978 e. The van der Waals surface area contributed by atoms with E-state index < -0.39 is 0 Å². The summed E-state index contributed by atoms with van der Waals surface area (Å²) in [5.41, 5.74) is 2.56. The SMILES string of the molecule is N#CC1CCCN1CCc1c[nH]c2ccccc12. The van der Waals surface area contributed by atoms with E-state index in [2.05, 4.69) is 46.4 Å². The van der Waals surface area contributed by atoms with E-state index in [4.69, 9.17) is 5.26 Å². The van der Waals surface area contributed by atoms with Crippen LogP contribution in [0.5, 0.6) is 0 Å². The summed E-state index contributed by atoms with van der Waals surface area (Å²) in [6.07, 6.45) is 5.31. The van der Waals surface area contributed by atoms with Crippen molar-refractivity contribution in [3.05, 3.63) is 36.0 Å². The molecule has 1 unspecified atom stereocenters. The number of nitrogens with one attached hydrogen (secondary N) is 1. The first-order valence-electron chi connectivity index (χ1n) is 6.57. The Balaban J connectivity index is 1.72. The molecule has 1 aliphatic rings. The van der Waals surface area contributed by atoms with Crippen molar-refractivity contribution in [3.63, 3.8) is 0 Å². The average molecular weight is 239 g/mol. The third-order valence-electron chi connectivity index (χ3n) is 3.86. The minimum absolute atomic E-state index is 0.134. The van der Waals surface area contributed by atoms with E-state index in [1.165, 1.54) is 16.5 Å². The number of rotatable bonds is 3. The standard InChI is InChI=1S/C15H17N3/c16-10-13-4-3-8-18(13)9-7-12-11-17-15-6-2-1-5-14(12)15/h1-2,5-6,11,13,17H,3-4,7-9H2. The summed E-state index contributed by atoms with van der Waals surface area (Å²) < 4.78 is 0. The normalized spacial score (nSPS) is 20.3. The monoisotopic (exact) mass is 239 g/mol. The van der Waals surface area contributed by atoms with Gasteiger partial charge in [0.25, 0.3) is 0 Å². The maximum atomic E-state index is 9.07. The summed E-state index contributed by atoms with van der Waals surface area (Å²) in [7, 11) is 0. The molecule has 1 aromatic carbocycles. The summed E-state index contributed by atoms with van der Waals surface area (Å²) in [4.78, 5) is 5.61. The number of hydrogen-bond acceptors (Lipinski definition) is 2. The van der Waals surface area contributed by atoms with Crippen LogP contribution in [0.25, 0.3) is 10.9 Å². The Kier molecular flexibility index (Phi) is 3.04. The molecule has 0 radical (unpaired) electrons. The highest BCUT2D eigenvalue weighted by Gasteiger charge is 2.23. The molecule has 2 heterocycles. The second kappa shape index (κ2) is 4.83. The lowest BCUT2D eigenvalue weighted by molar-refractivity contribution is 0.299. The van der Waals surface area contributed by atoms with Crippen LogP contribution in [0.2, 0.25) is 0 Å². The van der Waals surface area contributed by atoms with Gasteiger partial charge in [-0.15, -0.1) is 0 Å². The quantitative estimate of drug-likeness (QED) is 0.894. The van der Waals surface area contributed by atoms with Gasteiger partial charge < -0.3 is 4.98 Å². The number of nitriles is 1. The second-order valence-electron chi connectivity index (χ2n) is 4.93. The molecule has 18 heavy (non-hydrogen) atoms. The minimum atomic E-state index is 0.134. The van der Waals surface area contributed by atoms with Crippen molar-refractivity contribution < 1.29 is 0 Å². The lowest BCUT2D eigenvalue weighted by Gasteiger charge is -2.18.